The van der Waals surface area contributed by atoms with Crippen molar-refractivity contribution in [3.8, 4) is 0 Å². The van der Waals surface area contributed by atoms with Gasteiger partial charge in [0.1, 0.15) is 11.9 Å². The average molecular weight is 470 g/mol. The number of carbonyl (C=O) groups excluding carboxylic acids is 3. The SMILES string of the molecule is O=C(NCCc1ccccc1F)C1CCN(C(=O)[C@@H]2CSCN2C(=O)c2ccccc2)CC1. The molecule has 1 atom stereocenters. The zero-order chi connectivity index (χ0) is 23.2. The Kier molecular flexibility index (Phi) is 7.65. The fourth-order valence-electron chi connectivity index (χ4n) is 4.33. The van der Waals surface area contributed by atoms with Crippen LogP contribution >= 0.6 is 11.8 Å². The predicted octanol–water partition coefficient (Wildman–Crippen LogP) is 2.94. The summed E-state index contributed by atoms with van der Waals surface area (Å²) >= 11 is 1.59. The van der Waals surface area contributed by atoms with Gasteiger partial charge in [0.15, 0.2) is 0 Å². The van der Waals surface area contributed by atoms with Crippen molar-refractivity contribution in [3.05, 3.63) is 71.5 Å². The van der Waals surface area contributed by atoms with Crippen molar-refractivity contribution >= 4 is 29.5 Å². The van der Waals surface area contributed by atoms with Gasteiger partial charge in [-0.05, 0) is 43.0 Å². The lowest BCUT2D eigenvalue weighted by molar-refractivity contribution is -0.138. The van der Waals surface area contributed by atoms with Crippen molar-refractivity contribution < 1.29 is 18.8 Å². The normalized spacial score (nSPS) is 18.9. The average Bonchev–Trinajstić information content (AvgIpc) is 3.35. The zero-order valence-electron chi connectivity index (χ0n) is 18.4. The molecule has 2 fully saturated rings. The third-order valence-electron chi connectivity index (χ3n) is 6.28. The number of hydrogen-bond donors (Lipinski definition) is 1. The fraction of sp³-hybridized carbons (Fsp3) is 0.400. The highest BCUT2D eigenvalue weighted by molar-refractivity contribution is 7.99. The number of nitrogens with zero attached hydrogens (tertiary/aromatic N) is 2. The molecule has 2 saturated heterocycles. The summed E-state index contributed by atoms with van der Waals surface area (Å²) in [6, 6.07) is 15.1. The number of hydrogen-bond acceptors (Lipinski definition) is 4. The molecule has 0 aromatic heterocycles. The molecule has 0 aliphatic carbocycles. The van der Waals surface area contributed by atoms with E-state index in [2.05, 4.69) is 5.32 Å². The van der Waals surface area contributed by atoms with Crippen LogP contribution in [-0.2, 0) is 16.0 Å². The molecule has 2 aromatic rings. The van der Waals surface area contributed by atoms with Gasteiger partial charge in [0.05, 0.1) is 5.88 Å². The van der Waals surface area contributed by atoms with Gasteiger partial charge in [-0.3, -0.25) is 14.4 Å². The molecule has 4 rings (SSSR count). The molecule has 2 heterocycles. The first-order valence-corrected chi connectivity index (χ1v) is 12.4. The van der Waals surface area contributed by atoms with Crippen LogP contribution in [0.15, 0.2) is 54.6 Å². The van der Waals surface area contributed by atoms with Crippen LogP contribution in [0.25, 0.3) is 0 Å². The Morgan fingerprint density at radius 3 is 2.42 bits per heavy atom. The number of halogens is 1. The largest absolute Gasteiger partial charge is 0.356 e. The number of piperidine rings is 1. The lowest BCUT2D eigenvalue weighted by atomic mass is 9.95. The van der Waals surface area contributed by atoms with Crippen LogP contribution in [0.5, 0.6) is 0 Å². The van der Waals surface area contributed by atoms with Crippen LogP contribution in [0.1, 0.15) is 28.8 Å². The molecule has 0 unspecified atom stereocenters. The minimum absolute atomic E-state index is 0.0392. The van der Waals surface area contributed by atoms with Gasteiger partial charge < -0.3 is 15.1 Å². The molecule has 1 N–H and O–H groups in total. The highest BCUT2D eigenvalue weighted by Gasteiger charge is 2.38. The van der Waals surface area contributed by atoms with Crippen molar-refractivity contribution in [2.45, 2.75) is 25.3 Å². The van der Waals surface area contributed by atoms with E-state index < -0.39 is 6.04 Å². The summed E-state index contributed by atoms with van der Waals surface area (Å²) < 4.78 is 13.7. The second-order valence-electron chi connectivity index (χ2n) is 8.39. The van der Waals surface area contributed by atoms with Crippen molar-refractivity contribution in [3.63, 3.8) is 0 Å². The molecule has 6 nitrogen and oxygen atoms in total. The summed E-state index contributed by atoms with van der Waals surface area (Å²) in [7, 11) is 0. The first-order chi connectivity index (χ1) is 16.0. The van der Waals surface area contributed by atoms with Crippen LogP contribution in [0, 0.1) is 11.7 Å². The van der Waals surface area contributed by atoms with Gasteiger partial charge in [0, 0.05) is 36.9 Å². The van der Waals surface area contributed by atoms with Gasteiger partial charge >= 0.3 is 0 Å². The maximum atomic E-state index is 13.7. The molecular formula is C25H28FN3O3S. The monoisotopic (exact) mass is 469 g/mol. The molecule has 33 heavy (non-hydrogen) atoms. The molecule has 2 aliphatic rings. The molecule has 2 aliphatic heterocycles. The van der Waals surface area contributed by atoms with E-state index >= 15 is 0 Å². The van der Waals surface area contributed by atoms with E-state index in [0.717, 1.165) is 0 Å². The second kappa shape index (κ2) is 10.8. The van der Waals surface area contributed by atoms with Gasteiger partial charge in [-0.15, -0.1) is 11.8 Å². The molecule has 2 aromatic carbocycles. The maximum absolute atomic E-state index is 13.7. The van der Waals surface area contributed by atoms with Crippen molar-refractivity contribution in [2.75, 3.05) is 31.3 Å². The van der Waals surface area contributed by atoms with E-state index in [1.54, 1.807) is 51.9 Å². The van der Waals surface area contributed by atoms with E-state index in [-0.39, 0.29) is 29.5 Å². The second-order valence-corrected chi connectivity index (χ2v) is 9.39. The Balaban J connectivity index is 1.26. The Morgan fingerprint density at radius 2 is 1.70 bits per heavy atom. The Hall–Kier alpha value is -2.87. The number of thioether (sulfide) groups is 1. The third-order valence-corrected chi connectivity index (χ3v) is 7.29. The summed E-state index contributed by atoms with van der Waals surface area (Å²) in [4.78, 5) is 42.0. The summed E-state index contributed by atoms with van der Waals surface area (Å²) in [5.41, 5.74) is 1.17. The van der Waals surface area contributed by atoms with E-state index in [9.17, 15) is 18.8 Å². The molecule has 3 amide bonds. The highest BCUT2D eigenvalue weighted by atomic mass is 32.2. The standard InChI is InChI=1S/C25H28FN3O3S/c26-21-9-5-4-6-18(21)10-13-27-23(30)19-11-14-28(15-12-19)25(32)22-16-33-17-29(22)24(31)20-7-2-1-3-8-20/h1-9,19,22H,10-17H2,(H,27,30)/t22-/m0/s1. The Bertz CT molecular complexity index is 995. The van der Waals surface area contributed by atoms with Crippen molar-refractivity contribution in [1.82, 2.24) is 15.1 Å². The quantitative estimate of drug-likeness (QED) is 0.706. The lowest BCUT2D eigenvalue weighted by Gasteiger charge is -2.34. The van der Waals surface area contributed by atoms with E-state index in [1.807, 2.05) is 18.2 Å². The van der Waals surface area contributed by atoms with Gasteiger partial charge in [0.2, 0.25) is 11.8 Å². The number of benzene rings is 2. The number of carbonyl (C=O) groups is 3. The van der Waals surface area contributed by atoms with Crippen LogP contribution in [0.3, 0.4) is 0 Å². The van der Waals surface area contributed by atoms with Crippen LogP contribution in [0.2, 0.25) is 0 Å². The Morgan fingerprint density at radius 1 is 1.00 bits per heavy atom. The van der Waals surface area contributed by atoms with Crippen molar-refractivity contribution in [2.24, 2.45) is 5.92 Å². The first-order valence-electron chi connectivity index (χ1n) is 11.3. The summed E-state index contributed by atoms with van der Waals surface area (Å²) in [6.45, 7) is 1.38. The molecular weight excluding hydrogens is 441 g/mol. The summed E-state index contributed by atoms with van der Waals surface area (Å²) in [5, 5.41) is 2.90. The minimum atomic E-state index is -0.464. The number of nitrogens with one attached hydrogen (secondary N) is 1. The molecule has 8 heteroatoms. The van der Waals surface area contributed by atoms with Crippen LogP contribution in [-0.4, -0.2) is 64.8 Å². The van der Waals surface area contributed by atoms with Gasteiger partial charge in [-0.25, -0.2) is 4.39 Å². The fourth-order valence-corrected chi connectivity index (χ4v) is 5.48. The zero-order valence-corrected chi connectivity index (χ0v) is 19.2. The van der Waals surface area contributed by atoms with Crippen LogP contribution in [0.4, 0.5) is 4.39 Å². The topological polar surface area (TPSA) is 69.7 Å². The Labute approximate surface area is 197 Å². The lowest BCUT2D eigenvalue weighted by Crippen LogP contribution is -2.52. The maximum Gasteiger partial charge on any atom is 0.255 e. The van der Waals surface area contributed by atoms with Crippen molar-refractivity contribution in [1.29, 1.82) is 0 Å². The molecule has 0 bridgehead atoms. The number of amides is 3. The summed E-state index contributed by atoms with van der Waals surface area (Å²) in [5.74, 6) is 0.471. The smallest absolute Gasteiger partial charge is 0.255 e. The van der Waals surface area contributed by atoms with Crippen LogP contribution < -0.4 is 5.32 Å². The van der Waals surface area contributed by atoms with E-state index in [1.165, 1.54) is 6.07 Å². The van der Waals surface area contributed by atoms with Gasteiger partial charge in [-0.1, -0.05) is 36.4 Å². The van der Waals surface area contributed by atoms with Gasteiger partial charge in [-0.2, -0.15) is 0 Å². The van der Waals surface area contributed by atoms with Gasteiger partial charge in [0.25, 0.3) is 5.91 Å². The van der Waals surface area contributed by atoms with E-state index in [4.69, 9.17) is 0 Å². The summed E-state index contributed by atoms with van der Waals surface area (Å²) in [6.07, 6.45) is 1.62. The molecule has 0 saturated carbocycles. The number of rotatable bonds is 6. The molecule has 174 valence electrons. The first kappa shape index (κ1) is 23.3. The highest BCUT2D eigenvalue weighted by Crippen LogP contribution is 2.26. The third kappa shape index (κ3) is 5.55. The molecule has 0 spiro atoms. The van der Waals surface area contributed by atoms with E-state index in [0.29, 0.717) is 61.7 Å². The molecule has 0 radical (unpaired) electrons. The minimum Gasteiger partial charge on any atom is -0.356 e. The number of likely N-dealkylation sites (tertiary alicyclic amines) is 1. The predicted molar refractivity (Wildman–Crippen MR) is 126 cm³/mol.